The van der Waals surface area contributed by atoms with Crippen LogP contribution < -0.4 is 0 Å². The fourth-order valence-electron chi connectivity index (χ4n) is 7.51. The summed E-state index contributed by atoms with van der Waals surface area (Å²) in [5.41, 5.74) is 11.5. The Labute approximate surface area is 257 Å². The van der Waals surface area contributed by atoms with Crippen molar-refractivity contribution in [3.8, 4) is 16.8 Å². The van der Waals surface area contributed by atoms with E-state index in [1.54, 1.807) is 0 Å². The summed E-state index contributed by atoms with van der Waals surface area (Å²) in [7, 11) is 0. The first-order chi connectivity index (χ1) is 21.8. The number of aromatic nitrogens is 2. The molecule has 0 spiro atoms. The topological polar surface area (TPSA) is 9.86 Å². The van der Waals surface area contributed by atoms with E-state index in [-0.39, 0.29) is 0 Å². The molecule has 0 amide bonds. The lowest BCUT2D eigenvalue weighted by Gasteiger charge is -2.22. The molecule has 5 aromatic carbocycles. The van der Waals surface area contributed by atoms with Gasteiger partial charge in [0.2, 0.25) is 0 Å². The molecule has 44 heavy (non-hydrogen) atoms. The van der Waals surface area contributed by atoms with Gasteiger partial charge in [0.05, 0.1) is 22.1 Å². The Balaban J connectivity index is 1.35. The number of benzene rings is 5. The normalized spacial score (nSPS) is 16.7. The second kappa shape index (κ2) is 10.1. The van der Waals surface area contributed by atoms with Gasteiger partial charge >= 0.3 is 0 Å². The van der Waals surface area contributed by atoms with Crippen LogP contribution >= 0.6 is 0 Å². The van der Waals surface area contributed by atoms with Crippen LogP contribution in [-0.2, 0) is 0 Å². The Kier molecular flexibility index (Phi) is 5.80. The summed E-state index contributed by atoms with van der Waals surface area (Å²) in [6.07, 6.45) is 17.1. The van der Waals surface area contributed by atoms with E-state index in [2.05, 4.69) is 161 Å². The minimum atomic E-state index is 0.446. The molecule has 0 bridgehead atoms. The van der Waals surface area contributed by atoms with E-state index in [9.17, 15) is 0 Å². The highest BCUT2D eigenvalue weighted by Gasteiger charge is 2.23. The minimum Gasteiger partial charge on any atom is -0.312 e. The van der Waals surface area contributed by atoms with Crippen LogP contribution in [0.3, 0.4) is 0 Å². The quantitative estimate of drug-likeness (QED) is 0.201. The fourth-order valence-corrected chi connectivity index (χ4v) is 7.51. The molecular weight excluding hydrogens is 532 g/mol. The zero-order valence-corrected chi connectivity index (χ0v) is 24.5. The number of hydrogen-bond acceptors (Lipinski definition) is 0. The number of allylic oxidation sites excluding steroid dienone is 8. The van der Waals surface area contributed by atoms with Crippen LogP contribution in [-0.4, -0.2) is 9.13 Å². The van der Waals surface area contributed by atoms with Crippen LogP contribution in [0.25, 0.3) is 66.1 Å². The third kappa shape index (κ3) is 3.88. The third-order valence-electron chi connectivity index (χ3n) is 9.49. The predicted molar refractivity (Wildman–Crippen MR) is 187 cm³/mol. The smallest absolute Gasteiger partial charge is 0.0638 e. The van der Waals surface area contributed by atoms with E-state index in [1.807, 2.05) is 0 Å². The summed E-state index contributed by atoms with van der Waals surface area (Å²) in [6.45, 7) is 0. The van der Waals surface area contributed by atoms with Gasteiger partial charge in [-0.25, -0.2) is 0 Å². The van der Waals surface area contributed by atoms with Crippen molar-refractivity contribution in [2.75, 3.05) is 0 Å². The Morgan fingerprint density at radius 1 is 0.591 bits per heavy atom. The first-order valence-electron chi connectivity index (χ1n) is 15.7. The van der Waals surface area contributed by atoms with E-state index in [4.69, 9.17) is 0 Å². The van der Waals surface area contributed by atoms with Gasteiger partial charge in [-0.15, -0.1) is 0 Å². The summed E-state index contributed by atoms with van der Waals surface area (Å²) in [5.74, 6) is 0.446. The zero-order chi connectivity index (χ0) is 29.0. The summed E-state index contributed by atoms with van der Waals surface area (Å²) in [4.78, 5) is 0. The molecule has 7 aromatic rings. The lowest BCUT2D eigenvalue weighted by atomic mass is 9.88. The Morgan fingerprint density at radius 3 is 2.20 bits per heavy atom. The van der Waals surface area contributed by atoms with E-state index in [0.29, 0.717) is 5.92 Å². The summed E-state index contributed by atoms with van der Waals surface area (Å²) in [6, 6.07) is 42.2. The van der Waals surface area contributed by atoms with Crippen molar-refractivity contribution in [1.29, 1.82) is 0 Å². The second-order valence-electron chi connectivity index (χ2n) is 12.0. The molecule has 0 radical (unpaired) electrons. The van der Waals surface area contributed by atoms with Gasteiger partial charge in [0, 0.05) is 38.8 Å². The van der Waals surface area contributed by atoms with Gasteiger partial charge in [-0.2, -0.15) is 0 Å². The molecule has 0 saturated heterocycles. The average molecular weight is 565 g/mol. The molecule has 2 nitrogen and oxygen atoms in total. The van der Waals surface area contributed by atoms with E-state index >= 15 is 0 Å². The van der Waals surface area contributed by atoms with Crippen LogP contribution in [0.2, 0.25) is 0 Å². The SMILES string of the molecule is C1=CCC(C2=CCCC(n3c4ccccc4c4ccc5c(c6ccccc6n5-c5cccc(-c6ccccc6)c5)c43)=C2)C=C1. The largest absolute Gasteiger partial charge is 0.312 e. The molecule has 1 atom stereocenters. The van der Waals surface area contributed by atoms with Crippen molar-refractivity contribution >= 4 is 49.3 Å². The maximum atomic E-state index is 2.58. The van der Waals surface area contributed by atoms with Crippen molar-refractivity contribution in [3.05, 3.63) is 157 Å². The van der Waals surface area contributed by atoms with Gasteiger partial charge in [-0.3, -0.25) is 0 Å². The van der Waals surface area contributed by atoms with Gasteiger partial charge in [0.15, 0.2) is 0 Å². The zero-order valence-electron chi connectivity index (χ0n) is 24.5. The van der Waals surface area contributed by atoms with E-state index in [1.165, 1.54) is 71.7 Å². The van der Waals surface area contributed by atoms with Crippen LogP contribution in [0.4, 0.5) is 0 Å². The number of fused-ring (bicyclic) bond motifs is 7. The molecule has 2 aromatic heterocycles. The van der Waals surface area contributed by atoms with Gasteiger partial charge in [0.1, 0.15) is 0 Å². The maximum Gasteiger partial charge on any atom is 0.0638 e. The first kappa shape index (κ1) is 25.2. The molecule has 0 fully saturated rings. The van der Waals surface area contributed by atoms with Crippen molar-refractivity contribution in [1.82, 2.24) is 9.13 Å². The van der Waals surface area contributed by atoms with Crippen LogP contribution in [0, 0.1) is 5.92 Å². The minimum absolute atomic E-state index is 0.446. The molecule has 210 valence electrons. The van der Waals surface area contributed by atoms with Crippen molar-refractivity contribution in [2.45, 2.75) is 19.3 Å². The maximum absolute atomic E-state index is 2.58. The lowest BCUT2D eigenvalue weighted by Crippen LogP contribution is -2.07. The predicted octanol–water partition coefficient (Wildman–Crippen LogP) is 11.3. The van der Waals surface area contributed by atoms with Gasteiger partial charge in [0.25, 0.3) is 0 Å². The van der Waals surface area contributed by atoms with Crippen LogP contribution in [0.15, 0.2) is 157 Å². The number of nitrogens with zero attached hydrogens (tertiary/aromatic N) is 2. The molecule has 0 aliphatic heterocycles. The third-order valence-corrected chi connectivity index (χ3v) is 9.49. The second-order valence-corrected chi connectivity index (χ2v) is 12.0. The lowest BCUT2D eigenvalue weighted by molar-refractivity contribution is 0.769. The monoisotopic (exact) mass is 564 g/mol. The first-order valence-corrected chi connectivity index (χ1v) is 15.7. The molecule has 2 aliphatic carbocycles. The molecule has 9 rings (SSSR count). The van der Waals surface area contributed by atoms with Crippen LogP contribution in [0.1, 0.15) is 19.3 Å². The van der Waals surface area contributed by atoms with Crippen molar-refractivity contribution in [2.24, 2.45) is 5.92 Å². The van der Waals surface area contributed by atoms with Crippen molar-refractivity contribution < 1.29 is 0 Å². The molecule has 2 aliphatic rings. The average Bonchev–Trinajstić information content (AvgIpc) is 3.62. The summed E-state index contributed by atoms with van der Waals surface area (Å²) >= 11 is 0. The molecular formula is C42H32N2. The molecule has 0 saturated carbocycles. The number of para-hydroxylation sites is 2. The number of rotatable bonds is 4. The molecule has 2 heteroatoms. The molecule has 1 unspecified atom stereocenters. The summed E-state index contributed by atoms with van der Waals surface area (Å²) < 4.78 is 5.04. The van der Waals surface area contributed by atoms with Crippen LogP contribution in [0.5, 0.6) is 0 Å². The Bertz CT molecular complexity index is 2350. The number of hydrogen-bond donors (Lipinski definition) is 0. The van der Waals surface area contributed by atoms with Crippen molar-refractivity contribution in [3.63, 3.8) is 0 Å². The highest BCUT2D eigenvalue weighted by atomic mass is 15.0. The fraction of sp³-hybridized carbons (Fsp3) is 0.0952. The van der Waals surface area contributed by atoms with E-state index < -0.39 is 0 Å². The van der Waals surface area contributed by atoms with Gasteiger partial charge in [-0.05, 0) is 72.4 Å². The highest BCUT2D eigenvalue weighted by molar-refractivity contribution is 6.26. The Hall–Kier alpha value is -5.34. The molecule has 0 N–H and O–H groups in total. The van der Waals surface area contributed by atoms with Gasteiger partial charge in [-0.1, -0.05) is 115 Å². The summed E-state index contributed by atoms with van der Waals surface area (Å²) in [5, 5.41) is 5.23. The van der Waals surface area contributed by atoms with E-state index in [0.717, 1.165) is 19.3 Å². The standard InChI is InChI=1S/C42H32N2/c1-3-13-29(14-4-1)31-17-11-19-33(27-31)43-39-24-10-8-22-37(39)41-40(43)26-25-36-35-21-7-9-23-38(35)44(42(36)41)34-20-12-18-32(28-34)30-15-5-2-6-16-30/h1-11,13-15,17-19,21-28,30H,12,16,20H2. The van der Waals surface area contributed by atoms with Gasteiger partial charge < -0.3 is 9.13 Å². The molecule has 2 heterocycles. The Morgan fingerprint density at radius 2 is 1.36 bits per heavy atom. The highest BCUT2D eigenvalue weighted by Crippen LogP contribution is 2.43.